The summed E-state index contributed by atoms with van der Waals surface area (Å²) in [5.41, 5.74) is 0.963. The first-order valence-electron chi connectivity index (χ1n) is 8.20. The fourth-order valence-electron chi connectivity index (χ4n) is 3.81. The first-order chi connectivity index (χ1) is 10.6. The Kier molecular flexibility index (Phi) is 4.32. The number of hydrogen-bond acceptors (Lipinski definition) is 1. The van der Waals surface area contributed by atoms with Crippen molar-refractivity contribution in [2.45, 2.75) is 51.4 Å². The predicted molar refractivity (Wildman–Crippen MR) is 85.1 cm³/mol. The summed E-state index contributed by atoms with van der Waals surface area (Å²) in [6.45, 7) is 2.22. The maximum atomic E-state index is 14.3. The molecular weight excluding hydrogens is 282 g/mol. The van der Waals surface area contributed by atoms with Crippen LogP contribution >= 0.6 is 0 Å². The Balaban J connectivity index is 1.88. The van der Waals surface area contributed by atoms with E-state index < -0.39 is 17.4 Å². The van der Waals surface area contributed by atoms with Crippen molar-refractivity contribution in [1.29, 1.82) is 0 Å². The van der Waals surface area contributed by atoms with E-state index in [9.17, 15) is 13.9 Å². The third kappa shape index (κ3) is 2.81. The van der Waals surface area contributed by atoms with E-state index in [1.807, 2.05) is 6.07 Å². The molecule has 1 nitrogen and oxygen atoms in total. The SMILES string of the molecule is CCCC1CCC(c2cc(F)c3c(F)c(O)ccc3c2)CC1. The van der Waals surface area contributed by atoms with Gasteiger partial charge < -0.3 is 5.11 Å². The van der Waals surface area contributed by atoms with E-state index in [0.29, 0.717) is 11.3 Å². The van der Waals surface area contributed by atoms with E-state index in [0.717, 1.165) is 24.3 Å². The van der Waals surface area contributed by atoms with Crippen molar-refractivity contribution >= 4 is 10.8 Å². The van der Waals surface area contributed by atoms with Crippen molar-refractivity contribution in [2.75, 3.05) is 0 Å². The van der Waals surface area contributed by atoms with Crippen LogP contribution in [0.5, 0.6) is 5.75 Å². The van der Waals surface area contributed by atoms with Gasteiger partial charge >= 0.3 is 0 Å². The maximum Gasteiger partial charge on any atom is 0.175 e. The van der Waals surface area contributed by atoms with Crippen LogP contribution in [0.2, 0.25) is 0 Å². The van der Waals surface area contributed by atoms with Gasteiger partial charge in [-0.05, 0) is 60.6 Å². The topological polar surface area (TPSA) is 20.2 Å². The van der Waals surface area contributed by atoms with Crippen molar-refractivity contribution in [3.8, 4) is 5.75 Å². The van der Waals surface area contributed by atoms with Crippen molar-refractivity contribution in [3.05, 3.63) is 41.5 Å². The van der Waals surface area contributed by atoms with E-state index in [-0.39, 0.29) is 5.39 Å². The molecule has 1 fully saturated rings. The lowest BCUT2D eigenvalue weighted by atomic mass is 9.77. The lowest BCUT2D eigenvalue weighted by Gasteiger charge is -2.29. The standard InChI is InChI=1S/C19H22F2O/c1-2-3-12-4-6-13(7-5-12)15-10-14-8-9-17(22)19(21)18(14)16(20)11-15/h8-13,22H,2-7H2,1H3. The number of halogens is 2. The van der Waals surface area contributed by atoms with Gasteiger partial charge in [-0.1, -0.05) is 31.9 Å². The zero-order valence-electron chi connectivity index (χ0n) is 12.9. The average molecular weight is 304 g/mol. The van der Waals surface area contributed by atoms with Crippen LogP contribution in [0.15, 0.2) is 24.3 Å². The van der Waals surface area contributed by atoms with Gasteiger partial charge in [-0.2, -0.15) is 0 Å². The number of benzene rings is 2. The molecule has 0 amide bonds. The van der Waals surface area contributed by atoms with E-state index in [1.54, 1.807) is 6.07 Å². The summed E-state index contributed by atoms with van der Waals surface area (Å²) in [6, 6.07) is 6.21. The average Bonchev–Trinajstić information content (AvgIpc) is 2.51. The second kappa shape index (κ2) is 6.23. The second-order valence-corrected chi connectivity index (χ2v) is 6.51. The van der Waals surface area contributed by atoms with Crippen molar-refractivity contribution in [3.63, 3.8) is 0 Å². The quantitative estimate of drug-likeness (QED) is 0.748. The van der Waals surface area contributed by atoms with E-state index in [4.69, 9.17) is 0 Å². The van der Waals surface area contributed by atoms with Gasteiger partial charge in [0.1, 0.15) is 5.82 Å². The van der Waals surface area contributed by atoms with Crippen molar-refractivity contribution in [2.24, 2.45) is 5.92 Å². The molecule has 0 atom stereocenters. The lowest BCUT2D eigenvalue weighted by Crippen LogP contribution is -2.13. The van der Waals surface area contributed by atoms with E-state index in [1.165, 1.54) is 37.8 Å². The third-order valence-corrected chi connectivity index (χ3v) is 5.02. The molecule has 2 aromatic carbocycles. The molecule has 0 unspecified atom stereocenters. The molecule has 1 N–H and O–H groups in total. The highest BCUT2D eigenvalue weighted by molar-refractivity contribution is 5.86. The first kappa shape index (κ1) is 15.3. The largest absolute Gasteiger partial charge is 0.505 e. The van der Waals surface area contributed by atoms with Crippen molar-refractivity contribution in [1.82, 2.24) is 0 Å². The van der Waals surface area contributed by atoms with Gasteiger partial charge in [0.15, 0.2) is 11.6 Å². The zero-order chi connectivity index (χ0) is 15.7. The molecule has 1 saturated carbocycles. The summed E-state index contributed by atoms with van der Waals surface area (Å²) in [4.78, 5) is 0. The number of hydrogen-bond donors (Lipinski definition) is 1. The molecular formula is C19H22F2O. The molecule has 1 aliphatic carbocycles. The molecule has 3 heteroatoms. The van der Waals surface area contributed by atoms with Gasteiger partial charge in [0.2, 0.25) is 0 Å². The molecule has 0 aromatic heterocycles. The van der Waals surface area contributed by atoms with Crippen LogP contribution in [0, 0.1) is 17.6 Å². The summed E-state index contributed by atoms with van der Waals surface area (Å²) >= 11 is 0. The lowest BCUT2D eigenvalue weighted by molar-refractivity contribution is 0.308. The Morgan fingerprint density at radius 1 is 1.09 bits per heavy atom. The predicted octanol–water partition coefficient (Wildman–Crippen LogP) is 5.90. The Morgan fingerprint density at radius 2 is 1.82 bits per heavy atom. The smallest absolute Gasteiger partial charge is 0.175 e. The highest BCUT2D eigenvalue weighted by Crippen LogP contribution is 2.39. The van der Waals surface area contributed by atoms with Crippen LogP contribution < -0.4 is 0 Å². The summed E-state index contributed by atoms with van der Waals surface area (Å²) in [7, 11) is 0. The van der Waals surface area contributed by atoms with Gasteiger partial charge in [0, 0.05) is 0 Å². The molecule has 22 heavy (non-hydrogen) atoms. The molecule has 0 bridgehead atoms. The molecule has 0 spiro atoms. The second-order valence-electron chi connectivity index (χ2n) is 6.51. The number of phenols is 1. The summed E-state index contributed by atoms with van der Waals surface area (Å²) in [6.07, 6.45) is 7.06. The molecule has 1 aliphatic rings. The van der Waals surface area contributed by atoms with Gasteiger partial charge in [-0.3, -0.25) is 0 Å². The Hall–Kier alpha value is -1.64. The Morgan fingerprint density at radius 3 is 2.50 bits per heavy atom. The molecule has 0 heterocycles. The van der Waals surface area contributed by atoms with E-state index in [2.05, 4.69) is 6.92 Å². The Bertz CT molecular complexity index is 673. The first-order valence-corrected chi connectivity index (χ1v) is 8.20. The minimum atomic E-state index is -0.867. The Labute approximate surface area is 130 Å². The van der Waals surface area contributed by atoms with Gasteiger partial charge in [0.25, 0.3) is 0 Å². The number of phenolic OH excluding ortho intramolecular Hbond substituents is 1. The fraction of sp³-hybridized carbons (Fsp3) is 0.474. The molecule has 118 valence electrons. The maximum absolute atomic E-state index is 14.3. The number of rotatable bonds is 3. The van der Waals surface area contributed by atoms with Crippen LogP contribution in [0.25, 0.3) is 10.8 Å². The van der Waals surface area contributed by atoms with Crippen LogP contribution in [0.4, 0.5) is 8.78 Å². The van der Waals surface area contributed by atoms with Gasteiger partial charge in [-0.15, -0.1) is 0 Å². The summed E-state index contributed by atoms with van der Waals surface area (Å²) in [5.74, 6) is -0.770. The van der Waals surface area contributed by atoms with Crippen LogP contribution in [0.3, 0.4) is 0 Å². The van der Waals surface area contributed by atoms with Crippen LogP contribution in [-0.4, -0.2) is 5.11 Å². The normalized spacial score (nSPS) is 22.1. The van der Waals surface area contributed by atoms with Crippen LogP contribution in [0.1, 0.15) is 56.9 Å². The number of aromatic hydroxyl groups is 1. The minimum Gasteiger partial charge on any atom is -0.505 e. The molecule has 3 rings (SSSR count). The van der Waals surface area contributed by atoms with Crippen LogP contribution in [-0.2, 0) is 0 Å². The fourth-order valence-corrected chi connectivity index (χ4v) is 3.81. The van der Waals surface area contributed by atoms with Crippen molar-refractivity contribution < 1.29 is 13.9 Å². The molecule has 0 aliphatic heterocycles. The monoisotopic (exact) mass is 304 g/mol. The molecule has 0 radical (unpaired) electrons. The van der Waals surface area contributed by atoms with E-state index >= 15 is 0 Å². The summed E-state index contributed by atoms with van der Waals surface area (Å²) in [5, 5.41) is 9.82. The third-order valence-electron chi connectivity index (χ3n) is 5.02. The highest BCUT2D eigenvalue weighted by atomic mass is 19.1. The zero-order valence-corrected chi connectivity index (χ0v) is 12.9. The minimum absolute atomic E-state index is 0.108. The summed E-state index contributed by atoms with van der Waals surface area (Å²) < 4.78 is 28.2. The highest BCUT2D eigenvalue weighted by Gasteiger charge is 2.23. The molecule has 2 aromatic rings. The number of fused-ring (bicyclic) bond motifs is 1. The van der Waals surface area contributed by atoms with Gasteiger partial charge in [-0.25, -0.2) is 8.78 Å². The van der Waals surface area contributed by atoms with Gasteiger partial charge in [0.05, 0.1) is 5.39 Å². The molecule has 0 saturated heterocycles.